The zero-order chi connectivity index (χ0) is 11.4. The summed E-state index contributed by atoms with van der Waals surface area (Å²) in [6.45, 7) is 8.96. The normalized spacial score (nSPS) is 25.9. The molecule has 2 rings (SSSR count). The average molecular weight is 219 g/mol. The van der Waals surface area contributed by atoms with E-state index in [4.69, 9.17) is 4.74 Å². The van der Waals surface area contributed by atoms with Crippen LogP contribution in [-0.4, -0.2) is 31.1 Å². The number of benzene rings is 1. The van der Waals surface area contributed by atoms with Gasteiger partial charge in [-0.2, -0.15) is 0 Å². The zero-order valence-corrected chi connectivity index (χ0v) is 10.2. The molecule has 1 aromatic carbocycles. The highest BCUT2D eigenvalue weighted by Crippen LogP contribution is 2.21. The maximum absolute atomic E-state index is 5.70. The van der Waals surface area contributed by atoms with E-state index in [1.54, 1.807) is 0 Å². The highest BCUT2D eigenvalue weighted by molar-refractivity contribution is 5.20. The third-order valence-corrected chi connectivity index (χ3v) is 3.48. The molecule has 0 radical (unpaired) electrons. The molecule has 1 heterocycles. The van der Waals surface area contributed by atoms with Gasteiger partial charge in [-0.3, -0.25) is 4.90 Å². The maximum Gasteiger partial charge on any atom is 0.119 e. The molecule has 88 valence electrons. The molecular formula is C14H21NO. The lowest BCUT2D eigenvalue weighted by Crippen LogP contribution is -2.26. The lowest BCUT2D eigenvalue weighted by atomic mass is 10.0. The monoisotopic (exact) mass is 219 g/mol. The lowest BCUT2D eigenvalue weighted by molar-refractivity contribution is 0.232. The molecule has 0 aromatic heterocycles. The number of rotatable bonds is 4. The smallest absolute Gasteiger partial charge is 0.119 e. The summed E-state index contributed by atoms with van der Waals surface area (Å²) < 4.78 is 5.70. The van der Waals surface area contributed by atoms with E-state index in [1.165, 1.54) is 13.1 Å². The second kappa shape index (κ2) is 5.35. The van der Waals surface area contributed by atoms with Crippen LogP contribution in [-0.2, 0) is 0 Å². The molecule has 0 amide bonds. The molecule has 1 fully saturated rings. The van der Waals surface area contributed by atoms with E-state index in [2.05, 4.69) is 18.7 Å². The summed E-state index contributed by atoms with van der Waals surface area (Å²) in [5.74, 6) is 2.64. The summed E-state index contributed by atoms with van der Waals surface area (Å²) in [5.41, 5.74) is 0. The van der Waals surface area contributed by atoms with Crippen LogP contribution in [0.2, 0.25) is 0 Å². The van der Waals surface area contributed by atoms with E-state index in [1.807, 2.05) is 30.3 Å². The van der Waals surface area contributed by atoms with E-state index >= 15 is 0 Å². The lowest BCUT2D eigenvalue weighted by Gasteiger charge is -2.15. The minimum atomic E-state index is 0.795. The second-order valence-electron chi connectivity index (χ2n) is 4.88. The number of hydrogen-bond donors (Lipinski definition) is 0. The van der Waals surface area contributed by atoms with E-state index < -0.39 is 0 Å². The number of hydrogen-bond acceptors (Lipinski definition) is 2. The van der Waals surface area contributed by atoms with Gasteiger partial charge in [-0.25, -0.2) is 0 Å². The molecule has 1 saturated heterocycles. The summed E-state index contributed by atoms with van der Waals surface area (Å²) in [6, 6.07) is 10.0. The van der Waals surface area contributed by atoms with Crippen LogP contribution in [0, 0.1) is 11.8 Å². The van der Waals surface area contributed by atoms with Gasteiger partial charge >= 0.3 is 0 Å². The van der Waals surface area contributed by atoms with Gasteiger partial charge in [0.05, 0.1) is 0 Å². The van der Waals surface area contributed by atoms with Crippen molar-refractivity contribution in [2.45, 2.75) is 13.8 Å². The number of ether oxygens (including phenoxy) is 1. The SMILES string of the molecule is C[C@@H]1CN(CCOc2ccccc2)C[C@@H]1C. The predicted octanol–water partition coefficient (Wildman–Crippen LogP) is 2.65. The van der Waals surface area contributed by atoms with Crippen LogP contribution in [0.4, 0.5) is 0 Å². The van der Waals surface area contributed by atoms with Gasteiger partial charge in [-0.1, -0.05) is 32.0 Å². The van der Waals surface area contributed by atoms with Crippen LogP contribution in [0.3, 0.4) is 0 Å². The van der Waals surface area contributed by atoms with Crippen LogP contribution < -0.4 is 4.74 Å². The van der Waals surface area contributed by atoms with Gasteiger partial charge < -0.3 is 4.74 Å². The Hall–Kier alpha value is -1.02. The number of nitrogens with zero attached hydrogens (tertiary/aromatic N) is 1. The summed E-state index contributed by atoms with van der Waals surface area (Å²) in [4.78, 5) is 2.50. The minimum absolute atomic E-state index is 0.795. The Kier molecular flexibility index (Phi) is 3.83. The van der Waals surface area contributed by atoms with Crippen molar-refractivity contribution < 1.29 is 4.74 Å². The fourth-order valence-corrected chi connectivity index (χ4v) is 2.24. The molecule has 0 aliphatic carbocycles. The molecule has 1 aliphatic heterocycles. The van der Waals surface area contributed by atoms with Crippen molar-refractivity contribution in [3.63, 3.8) is 0 Å². The highest BCUT2D eigenvalue weighted by atomic mass is 16.5. The molecule has 0 saturated carbocycles. The fourth-order valence-electron chi connectivity index (χ4n) is 2.24. The van der Waals surface area contributed by atoms with Crippen LogP contribution in [0.5, 0.6) is 5.75 Å². The third-order valence-electron chi connectivity index (χ3n) is 3.48. The molecule has 0 unspecified atom stereocenters. The topological polar surface area (TPSA) is 12.5 Å². The Morgan fingerprint density at radius 2 is 1.75 bits per heavy atom. The first kappa shape index (κ1) is 11.5. The van der Waals surface area contributed by atoms with Crippen molar-refractivity contribution in [1.82, 2.24) is 4.90 Å². The summed E-state index contributed by atoms with van der Waals surface area (Å²) in [5, 5.41) is 0. The minimum Gasteiger partial charge on any atom is -0.492 e. The van der Waals surface area contributed by atoms with Crippen molar-refractivity contribution in [2.75, 3.05) is 26.2 Å². The Balaban J connectivity index is 1.69. The van der Waals surface area contributed by atoms with Crippen LogP contribution >= 0.6 is 0 Å². The Bertz CT molecular complexity index is 302. The molecule has 1 aliphatic rings. The Morgan fingerprint density at radius 3 is 2.38 bits per heavy atom. The van der Waals surface area contributed by atoms with E-state index in [0.717, 1.165) is 30.7 Å². The largest absolute Gasteiger partial charge is 0.492 e. The first-order valence-corrected chi connectivity index (χ1v) is 6.16. The zero-order valence-electron chi connectivity index (χ0n) is 10.2. The van der Waals surface area contributed by atoms with Crippen molar-refractivity contribution >= 4 is 0 Å². The van der Waals surface area contributed by atoms with E-state index in [-0.39, 0.29) is 0 Å². The molecule has 0 bridgehead atoms. The standard InChI is InChI=1S/C14H21NO/c1-12-10-15(11-13(12)2)8-9-16-14-6-4-3-5-7-14/h3-7,12-13H,8-11H2,1-2H3/t12-,13+. The van der Waals surface area contributed by atoms with Gasteiger partial charge in [-0.15, -0.1) is 0 Å². The maximum atomic E-state index is 5.70. The van der Waals surface area contributed by atoms with Crippen molar-refractivity contribution in [1.29, 1.82) is 0 Å². The Labute approximate surface area is 98.2 Å². The highest BCUT2D eigenvalue weighted by Gasteiger charge is 2.25. The van der Waals surface area contributed by atoms with Crippen LogP contribution in [0.25, 0.3) is 0 Å². The molecule has 0 spiro atoms. The second-order valence-corrected chi connectivity index (χ2v) is 4.88. The first-order chi connectivity index (χ1) is 7.75. The van der Waals surface area contributed by atoms with Crippen LogP contribution in [0.1, 0.15) is 13.8 Å². The van der Waals surface area contributed by atoms with Gasteiger partial charge in [0.25, 0.3) is 0 Å². The van der Waals surface area contributed by atoms with Gasteiger partial charge in [0.1, 0.15) is 12.4 Å². The van der Waals surface area contributed by atoms with Crippen molar-refractivity contribution in [3.05, 3.63) is 30.3 Å². The van der Waals surface area contributed by atoms with Crippen molar-refractivity contribution in [3.8, 4) is 5.75 Å². The Morgan fingerprint density at radius 1 is 1.12 bits per heavy atom. The predicted molar refractivity (Wildman–Crippen MR) is 66.7 cm³/mol. The van der Waals surface area contributed by atoms with Gasteiger partial charge in [0.15, 0.2) is 0 Å². The summed E-state index contributed by atoms with van der Waals surface area (Å²) in [7, 11) is 0. The first-order valence-electron chi connectivity index (χ1n) is 6.16. The molecule has 16 heavy (non-hydrogen) atoms. The molecule has 2 heteroatoms. The summed E-state index contributed by atoms with van der Waals surface area (Å²) >= 11 is 0. The molecular weight excluding hydrogens is 198 g/mol. The van der Waals surface area contributed by atoms with E-state index in [0.29, 0.717) is 0 Å². The van der Waals surface area contributed by atoms with Gasteiger partial charge in [0.2, 0.25) is 0 Å². The van der Waals surface area contributed by atoms with E-state index in [9.17, 15) is 0 Å². The fraction of sp³-hybridized carbons (Fsp3) is 0.571. The molecule has 1 aromatic rings. The molecule has 0 N–H and O–H groups in total. The van der Waals surface area contributed by atoms with Gasteiger partial charge in [0, 0.05) is 19.6 Å². The third kappa shape index (κ3) is 2.99. The van der Waals surface area contributed by atoms with Crippen LogP contribution in [0.15, 0.2) is 30.3 Å². The van der Waals surface area contributed by atoms with Gasteiger partial charge in [-0.05, 0) is 24.0 Å². The van der Waals surface area contributed by atoms with Crippen molar-refractivity contribution in [2.24, 2.45) is 11.8 Å². The number of para-hydroxylation sites is 1. The number of likely N-dealkylation sites (tertiary alicyclic amines) is 1. The molecule has 2 nitrogen and oxygen atoms in total. The molecule has 2 atom stereocenters. The summed E-state index contributed by atoms with van der Waals surface area (Å²) in [6.07, 6.45) is 0. The quantitative estimate of drug-likeness (QED) is 0.772. The average Bonchev–Trinajstić information content (AvgIpc) is 2.60.